The number of nitrogens with one attached hydrogen (secondary N) is 4. The fourth-order valence-electron chi connectivity index (χ4n) is 10.4. The Labute approximate surface area is 454 Å². The van der Waals surface area contributed by atoms with Crippen LogP contribution >= 0.6 is 0 Å². The first-order valence-corrected chi connectivity index (χ1v) is 24.8. The van der Waals surface area contributed by atoms with Gasteiger partial charge in [0.1, 0.15) is 0 Å². The molecule has 12 unspecified atom stereocenters. The Kier molecular flexibility index (Phi) is 28.8. The molecule has 0 spiro atoms. The molecule has 21 nitrogen and oxygen atoms in total. The van der Waals surface area contributed by atoms with Crippen molar-refractivity contribution in [2.75, 3.05) is 132 Å². The summed E-state index contributed by atoms with van der Waals surface area (Å²) in [6, 6.07) is 12.7. The van der Waals surface area contributed by atoms with E-state index in [-0.39, 0.29) is 77.2 Å². The molecule has 6 saturated heterocycles. The second-order valence-electron chi connectivity index (χ2n) is 19.4. The third-order valence-electron chi connectivity index (χ3n) is 14.6. The van der Waals surface area contributed by atoms with Gasteiger partial charge < -0.3 is 25.9 Å². The standard InChI is InChI=1S/2C16H32N6.2C8H6O4.3Ni.H2O/c2*1-2-4-16-15(3-1)17-11-21-9-7-19(13-21)5-6-20-8-10-22(14-20)12-18-16;2*9-7(10)5-1-2-6(4-3-5)8(11)12;;;;/h2*15-18H,1-14H2;2*1-4H,(H,9,10)(H,11,12);;;;1H2. The summed E-state index contributed by atoms with van der Waals surface area (Å²) in [4.78, 5) is 62.1. The van der Waals surface area contributed by atoms with Crippen molar-refractivity contribution in [3.63, 3.8) is 0 Å². The molecule has 24 heteroatoms. The third kappa shape index (κ3) is 20.1. The summed E-state index contributed by atoms with van der Waals surface area (Å²) in [5.74, 6) is -4.25. The van der Waals surface area contributed by atoms with Crippen LogP contribution < -0.4 is 21.3 Å². The smallest absolute Gasteiger partial charge is 0.335 e. The van der Waals surface area contributed by atoms with Gasteiger partial charge in [0, 0.05) is 179 Å². The number of nitrogens with zero attached hydrogens (tertiary/aromatic N) is 8. The minimum atomic E-state index is -1.06. The van der Waals surface area contributed by atoms with Crippen LogP contribution in [-0.2, 0) is 49.5 Å². The van der Waals surface area contributed by atoms with E-state index in [4.69, 9.17) is 20.4 Å². The Bertz CT molecular complexity index is 1670. The maximum atomic E-state index is 10.3. The number of carbonyl (C=O) groups is 4. The van der Waals surface area contributed by atoms with Crippen molar-refractivity contribution in [1.29, 1.82) is 0 Å². The molecule has 72 heavy (non-hydrogen) atoms. The second kappa shape index (κ2) is 32.7. The fraction of sp³-hybridized carbons (Fsp3) is 0.667. The summed E-state index contributed by atoms with van der Waals surface area (Å²) >= 11 is 0. The van der Waals surface area contributed by atoms with Crippen LogP contribution in [0.25, 0.3) is 0 Å². The molecule has 0 radical (unpaired) electrons. The quantitative estimate of drug-likeness (QED) is 0.194. The monoisotopic (exact) mass is 1140 g/mol. The van der Waals surface area contributed by atoms with Crippen LogP contribution in [0.1, 0.15) is 92.8 Å². The number of benzene rings is 2. The topological polar surface area (TPSA) is 255 Å². The van der Waals surface area contributed by atoms with Gasteiger partial charge in [-0.05, 0) is 74.2 Å². The molecule has 2 saturated carbocycles. The molecule has 8 aliphatic rings. The van der Waals surface area contributed by atoms with Crippen LogP contribution in [0.15, 0.2) is 48.5 Å². The fourth-order valence-corrected chi connectivity index (χ4v) is 10.4. The minimum absolute atomic E-state index is 0. The zero-order valence-corrected chi connectivity index (χ0v) is 44.1. The molecule has 8 bridgehead atoms. The average molecular weight is 1140 g/mol. The first-order valence-electron chi connectivity index (χ1n) is 24.8. The zero-order chi connectivity index (χ0) is 47.8. The number of carboxylic acid groups (broad SMARTS) is 4. The predicted octanol–water partition coefficient (Wildman–Crippen LogP) is 0.445. The van der Waals surface area contributed by atoms with Gasteiger partial charge in [0.2, 0.25) is 0 Å². The Morgan fingerprint density at radius 3 is 0.667 bits per heavy atom. The van der Waals surface area contributed by atoms with Gasteiger partial charge in [0.15, 0.2) is 0 Å². The summed E-state index contributed by atoms with van der Waals surface area (Å²) in [5, 5.41) is 49.3. The van der Waals surface area contributed by atoms with Crippen molar-refractivity contribution in [2.24, 2.45) is 0 Å². The molecule has 0 amide bonds. The van der Waals surface area contributed by atoms with Gasteiger partial charge in [0.05, 0.1) is 48.9 Å². The second-order valence-corrected chi connectivity index (χ2v) is 19.4. The van der Waals surface area contributed by atoms with Gasteiger partial charge in [-0.1, -0.05) is 25.7 Å². The first kappa shape index (κ1) is 63.6. The molecule has 8 fully saturated rings. The van der Waals surface area contributed by atoms with Crippen LogP contribution in [0.2, 0.25) is 0 Å². The minimum Gasteiger partial charge on any atom is -0.478 e. The van der Waals surface area contributed by atoms with E-state index in [9.17, 15) is 19.2 Å². The van der Waals surface area contributed by atoms with E-state index >= 15 is 0 Å². The molecule has 10 rings (SSSR count). The van der Waals surface area contributed by atoms with Gasteiger partial charge >= 0.3 is 23.9 Å². The Hall–Kier alpha value is -2.72. The Morgan fingerprint density at radius 2 is 0.500 bits per heavy atom. The van der Waals surface area contributed by atoms with E-state index in [0.29, 0.717) is 24.2 Å². The average Bonchev–Trinajstić information content (AvgIpc) is 4.20. The summed E-state index contributed by atoms with van der Waals surface area (Å²) in [7, 11) is 0. The van der Waals surface area contributed by atoms with Crippen LogP contribution in [0.5, 0.6) is 0 Å². The van der Waals surface area contributed by atoms with Crippen molar-refractivity contribution in [2.45, 2.75) is 75.5 Å². The SMILES string of the molecule is C1CCC2NCN3CCN(CCN4CCN(CNC2C1)C4)C3.C1CCC2NCN3CCN(CCN4CCN(CNC2C1)C4)C3.O.O=C(O)c1ccc(C(=O)O)cc1.O=C(O)c1ccc(C(=O)O)cc1.[Ni].[Ni].[Ni]. The van der Waals surface area contributed by atoms with Gasteiger partial charge in [0.25, 0.3) is 0 Å². The third-order valence-corrected chi connectivity index (χ3v) is 14.6. The van der Waals surface area contributed by atoms with Crippen molar-refractivity contribution in [1.82, 2.24) is 60.5 Å². The van der Waals surface area contributed by atoms with Crippen molar-refractivity contribution in [3.8, 4) is 0 Å². The summed E-state index contributed by atoms with van der Waals surface area (Å²) in [6.07, 6.45) is 10.9. The van der Waals surface area contributed by atoms with E-state index in [1.807, 2.05) is 0 Å². The molecule has 12 atom stereocenters. The molecule has 2 aromatic rings. The number of aromatic carboxylic acids is 4. The molecular formula is C48H78N12Ni3O9. The van der Waals surface area contributed by atoms with Crippen LogP contribution in [0, 0.1) is 0 Å². The van der Waals surface area contributed by atoms with Crippen molar-refractivity contribution in [3.05, 3.63) is 70.8 Å². The van der Waals surface area contributed by atoms with Crippen LogP contribution in [0.4, 0.5) is 0 Å². The van der Waals surface area contributed by atoms with Gasteiger partial charge in [-0.2, -0.15) is 0 Å². The summed E-state index contributed by atoms with van der Waals surface area (Å²) < 4.78 is 0. The predicted molar refractivity (Wildman–Crippen MR) is 261 cm³/mol. The van der Waals surface area contributed by atoms with E-state index in [1.54, 1.807) is 0 Å². The first-order chi connectivity index (χ1) is 32.9. The molecule has 2 aromatic carbocycles. The van der Waals surface area contributed by atoms with Crippen LogP contribution in [0.3, 0.4) is 0 Å². The van der Waals surface area contributed by atoms with Gasteiger partial charge in [-0.25, -0.2) is 19.2 Å². The van der Waals surface area contributed by atoms with E-state index < -0.39 is 23.9 Å². The van der Waals surface area contributed by atoms with E-state index in [2.05, 4.69) is 60.5 Å². The summed E-state index contributed by atoms with van der Waals surface area (Å²) in [5.41, 5.74) is 0.333. The van der Waals surface area contributed by atoms with E-state index in [0.717, 1.165) is 53.3 Å². The molecule has 0 aromatic heterocycles. The number of fused-ring (bicyclic) bond motifs is 10. The van der Waals surface area contributed by atoms with E-state index in [1.165, 1.54) is 178 Å². The zero-order valence-electron chi connectivity index (χ0n) is 41.2. The number of hydrogen-bond donors (Lipinski definition) is 8. The maximum Gasteiger partial charge on any atom is 0.335 e. The van der Waals surface area contributed by atoms with Gasteiger partial charge in [-0.3, -0.25) is 60.5 Å². The molecule has 414 valence electrons. The number of hydrogen-bond acceptors (Lipinski definition) is 16. The Balaban J connectivity index is 0.000000259. The van der Waals surface area contributed by atoms with Crippen LogP contribution in [-0.4, -0.2) is 245 Å². The Morgan fingerprint density at radius 1 is 0.333 bits per heavy atom. The van der Waals surface area contributed by atoms with Crippen molar-refractivity contribution >= 4 is 23.9 Å². The molecular weight excluding hydrogens is 1060 g/mol. The molecule has 6 heterocycles. The number of rotatable bonds is 4. The van der Waals surface area contributed by atoms with Crippen molar-refractivity contribution < 1.29 is 94.6 Å². The largest absolute Gasteiger partial charge is 0.478 e. The maximum absolute atomic E-state index is 10.3. The normalized spacial score (nSPS) is 31.8. The van der Waals surface area contributed by atoms with Gasteiger partial charge in [-0.15, -0.1) is 0 Å². The molecule has 10 N–H and O–H groups in total. The molecule has 6 aliphatic heterocycles. The molecule has 2 aliphatic carbocycles. The number of carboxylic acids is 4. The summed E-state index contributed by atoms with van der Waals surface area (Å²) in [6.45, 7) is 23.6.